The van der Waals surface area contributed by atoms with Crippen molar-refractivity contribution in [1.82, 2.24) is 4.98 Å². The maximum atomic E-state index is 12.4. The molecule has 23 heavy (non-hydrogen) atoms. The van der Waals surface area contributed by atoms with Gasteiger partial charge in [0.25, 0.3) is 0 Å². The molecule has 1 N–H and O–H groups in total. The fraction of sp³-hybridized carbons (Fsp3) is 0.294. The van der Waals surface area contributed by atoms with E-state index in [4.69, 9.17) is 14.2 Å². The van der Waals surface area contributed by atoms with Crippen molar-refractivity contribution >= 4 is 11.8 Å². The molecule has 0 atom stereocenters. The van der Waals surface area contributed by atoms with E-state index in [1.807, 2.05) is 6.07 Å². The van der Waals surface area contributed by atoms with E-state index in [1.54, 1.807) is 32.0 Å². The third-order valence-corrected chi connectivity index (χ3v) is 3.53. The molecule has 6 heteroatoms. The summed E-state index contributed by atoms with van der Waals surface area (Å²) in [5, 5.41) is 0. The van der Waals surface area contributed by atoms with Crippen LogP contribution in [-0.2, 0) is 4.74 Å². The quantitative estimate of drug-likeness (QED) is 0.654. The summed E-state index contributed by atoms with van der Waals surface area (Å²) in [6.07, 6.45) is 0. The van der Waals surface area contributed by atoms with Crippen molar-refractivity contribution in [2.24, 2.45) is 0 Å². The van der Waals surface area contributed by atoms with Gasteiger partial charge in [0.1, 0.15) is 0 Å². The van der Waals surface area contributed by atoms with E-state index in [-0.39, 0.29) is 12.4 Å². The molecule has 0 radical (unpaired) electrons. The summed E-state index contributed by atoms with van der Waals surface area (Å²) in [6.45, 7) is 3.25. The largest absolute Gasteiger partial charge is 0.493 e. The van der Waals surface area contributed by atoms with Gasteiger partial charge in [-0.1, -0.05) is 12.1 Å². The number of aromatic amines is 1. The zero-order chi connectivity index (χ0) is 17.0. The smallest absolute Gasteiger partial charge is 0.339 e. The predicted octanol–water partition coefficient (Wildman–Crippen LogP) is 2.69. The van der Waals surface area contributed by atoms with Crippen LogP contribution in [-0.4, -0.2) is 37.6 Å². The van der Waals surface area contributed by atoms with Crippen molar-refractivity contribution in [3.63, 3.8) is 0 Å². The minimum absolute atomic E-state index is 0.165. The first-order valence-corrected chi connectivity index (χ1v) is 7.06. The van der Waals surface area contributed by atoms with Crippen LogP contribution in [0.1, 0.15) is 32.1 Å². The standard InChI is InChI=1S/C17H19NO5/c1-10-15(17(20)22-4)11(2)18-16(10)12(19)9-23-14-8-6-5-7-13(14)21-3/h5-8,18H,9H2,1-4H3. The van der Waals surface area contributed by atoms with E-state index >= 15 is 0 Å². The van der Waals surface area contributed by atoms with Crippen molar-refractivity contribution in [3.05, 3.63) is 46.8 Å². The second kappa shape index (κ2) is 7.00. The van der Waals surface area contributed by atoms with Gasteiger partial charge in [0.2, 0.25) is 5.78 Å². The van der Waals surface area contributed by atoms with Crippen molar-refractivity contribution in [3.8, 4) is 11.5 Å². The molecule has 0 bridgehead atoms. The Bertz CT molecular complexity index is 733. The van der Waals surface area contributed by atoms with Crippen molar-refractivity contribution in [2.45, 2.75) is 13.8 Å². The molecule has 0 aliphatic heterocycles. The summed E-state index contributed by atoms with van der Waals surface area (Å²) in [6, 6.07) is 7.08. The minimum Gasteiger partial charge on any atom is -0.493 e. The summed E-state index contributed by atoms with van der Waals surface area (Å²) in [4.78, 5) is 27.0. The van der Waals surface area contributed by atoms with Crippen LogP contribution in [0.15, 0.2) is 24.3 Å². The second-order valence-corrected chi connectivity index (χ2v) is 4.98. The van der Waals surface area contributed by atoms with Gasteiger partial charge in [-0.15, -0.1) is 0 Å². The number of Topliss-reactive ketones (excluding diaryl/α,β-unsaturated/α-hetero) is 1. The van der Waals surface area contributed by atoms with Gasteiger partial charge >= 0.3 is 5.97 Å². The van der Waals surface area contributed by atoms with E-state index in [2.05, 4.69) is 4.98 Å². The Morgan fingerprint density at radius 1 is 1.09 bits per heavy atom. The van der Waals surface area contributed by atoms with Gasteiger partial charge < -0.3 is 19.2 Å². The van der Waals surface area contributed by atoms with E-state index in [0.717, 1.165) is 0 Å². The molecule has 0 aliphatic carbocycles. The number of hydrogen-bond acceptors (Lipinski definition) is 5. The lowest BCUT2D eigenvalue weighted by Crippen LogP contribution is -2.14. The van der Waals surface area contributed by atoms with Crippen LogP contribution >= 0.6 is 0 Å². The maximum Gasteiger partial charge on any atom is 0.339 e. The summed E-state index contributed by atoms with van der Waals surface area (Å²) < 4.78 is 15.4. The Balaban J connectivity index is 2.17. The highest BCUT2D eigenvalue weighted by Gasteiger charge is 2.22. The lowest BCUT2D eigenvalue weighted by Gasteiger charge is -2.09. The maximum absolute atomic E-state index is 12.4. The first-order chi connectivity index (χ1) is 11.0. The van der Waals surface area contributed by atoms with Crippen LogP contribution in [0, 0.1) is 13.8 Å². The number of ether oxygens (including phenoxy) is 3. The highest BCUT2D eigenvalue weighted by atomic mass is 16.5. The molecule has 0 aliphatic rings. The Morgan fingerprint density at radius 3 is 2.35 bits per heavy atom. The van der Waals surface area contributed by atoms with E-state index in [0.29, 0.717) is 34.0 Å². The fourth-order valence-corrected chi connectivity index (χ4v) is 2.39. The number of nitrogens with one attached hydrogen (secondary N) is 1. The van der Waals surface area contributed by atoms with E-state index < -0.39 is 5.97 Å². The SMILES string of the molecule is COC(=O)c1c(C)[nH]c(C(=O)COc2ccccc2OC)c1C. The van der Waals surface area contributed by atoms with E-state index in [1.165, 1.54) is 14.2 Å². The lowest BCUT2D eigenvalue weighted by atomic mass is 10.1. The lowest BCUT2D eigenvalue weighted by molar-refractivity contribution is 0.0599. The number of carbonyl (C=O) groups is 2. The molecule has 0 saturated carbocycles. The van der Waals surface area contributed by atoms with Crippen molar-refractivity contribution in [2.75, 3.05) is 20.8 Å². The molecule has 0 amide bonds. The summed E-state index contributed by atoms with van der Waals surface area (Å²) in [5.74, 6) is 0.306. The van der Waals surface area contributed by atoms with Crippen LogP contribution in [0.5, 0.6) is 11.5 Å². The second-order valence-electron chi connectivity index (χ2n) is 4.98. The Morgan fingerprint density at radius 2 is 1.74 bits per heavy atom. The molecule has 0 spiro atoms. The molecule has 0 unspecified atom stereocenters. The Hall–Kier alpha value is -2.76. The van der Waals surface area contributed by atoms with Crippen LogP contribution in [0.25, 0.3) is 0 Å². The van der Waals surface area contributed by atoms with E-state index in [9.17, 15) is 9.59 Å². The number of aromatic nitrogens is 1. The third-order valence-electron chi connectivity index (χ3n) is 3.53. The minimum atomic E-state index is -0.471. The monoisotopic (exact) mass is 317 g/mol. The number of H-pyrrole nitrogens is 1. The summed E-state index contributed by atoms with van der Waals surface area (Å²) >= 11 is 0. The molecule has 1 heterocycles. The molecule has 122 valence electrons. The fourth-order valence-electron chi connectivity index (χ4n) is 2.39. The number of aryl methyl sites for hydroxylation is 1. The van der Waals surface area contributed by atoms with Crippen LogP contribution in [0.3, 0.4) is 0 Å². The number of methoxy groups -OCH3 is 2. The molecule has 0 saturated heterocycles. The van der Waals surface area contributed by atoms with Crippen molar-refractivity contribution < 1.29 is 23.8 Å². The number of hydrogen-bond donors (Lipinski definition) is 1. The summed E-state index contributed by atoms with van der Waals surface area (Å²) in [7, 11) is 2.84. The molecule has 1 aromatic heterocycles. The predicted molar refractivity (Wildman–Crippen MR) is 84.4 cm³/mol. The van der Waals surface area contributed by atoms with Crippen LogP contribution in [0.2, 0.25) is 0 Å². The average molecular weight is 317 g/mol. The number of carbonyl (C=O) groups excluding carboxylic acids is 2. The average Bonchev–Trinajstić information content (AvgIpc) is 2.86. The van der Waals surface area contributed by atoms with Gasteiger partial charge in [-0.2, -0.15) is 0 Å². The zero-order valence-electron chi connectivity index (χ0n) is 13.6. The van der Waals surface area contributed by atoms with Gasteiger partial charge in [0.05, 0.1) is 25.5 Å². The van der Waals surface area contributed by atoms with Gasteiger partial charge in [-0.3, -0.25) is 4.79 Å². The molecule has 2 aromatic rings. The number of para-hydroxylation sites is 2. The number of rotatable bonds is 6. The van der Waals surface area contributed by atoms with Gasteiger partial charge in [-0.25, -0.2) is 4.79 Å². The number of benzene rings is 1. The summed E-state index contributed by atoms with van der Waals surface area (Å²) in [5.41, 5.74) is 1.88. The van der Waals surface area contributed by atoms with Gasteiger partial charge in [-0.05, 0) is 31.5 Å². The van der Waals surface area contributed by atoms with Crippen LogP contribution < -0.4 is 9.47 Å². The molecular weight excluding hydrogens is 298 g/mol. The van der Waals surface area contributed by atoms with Gasteiger partial charge in [0, 0.05) is 5.69 Å². The Labute approximate surface area is 134 Å². The highest BCUT2D eigenvalue weighted by molar-refractivity contribution is 6.02. The first-order valence-electron chi connectivity index (χ1n) is 7.06. The third kappa shape index (κ3) is 3.36. The molecule has 2 rings (SSSR count). The Kier molecular flexibility index (Phi) is 5.05. The number of ketones is 1. The topological polar surface area (TPSA) is 77.6 Å². The normalized spacial score (nSPS) is 10.3. The van der Waals surface area contributed by atoms with Gasteiger partial charge in [0.15, 0.2) is 18.1 Å². The van der Waals surface area contributed by atoms with Crippen LogP contribution in [0.4, 0.5) is 0 Å². The molecule has 6 nitrogen and oxygen atoms in total. The molecular formula is C17H19NO5. The molecule has 1 aromatic carbocycles. The van der Waals surface area contributed by atoms with Crippen molar-refractivity contribution in [1.29, 1.82) is 0 Å². The number of esters is 1. The zero-order valence-corrected chi connectivity index (χ0v) is 13.6. The highest BCUT2D eigenvalue weighted by Crippen LogP contribution is 2.26. The first kappa shape index (κ1) is 16.6. The molecule has 0 fully saturated rings.